The number of carbonyl (C=O) groups is 2. The van der Waals surface area contributed by atoms with Crippen molar-refractivity contribution in [3.8, 4) is 17.2 Å². The van der Waals surface area contributed by atoms with Gasteiger partial charge in [0.05, 0.1) is 32.9 Å². The van der Waals surface area contributed by atoms with Crippen molar-refractivity contribution in [3.05, 3.63) is 95.1 Å². The number of rotatable bonds is 8. The molecule has 0 aliphatic carbocycles. The third-order valence-electron chi connectivity index (χ3n) is 6.14. The van der Waals surface area contributed by atoms with Crippen molar-refractivity contribution in [2.24, 2.45) is 0 Å². The van der Waals surface area contributed by atoms with Gasteiger partial charge in [-0.1, -0.05) is 24.3 Å². The summed E-state index contributed by atoms with van der Waals surface area (Å²) in [5, 5.41) is 11.2. The molecule has 1 unspecified atom stereocenters. The van der Waals surface area contributed by atoms with Gasteiger partial charge in [-0.2, -0.15) is 0 Å². The predicted octanol–water partition coefficient (Wildman–Crippen LogP) is 4.38. The van der Waals surface area contributed by atoms with Crippen LogP contribution in [0.5, 0.6) is 17.2 Å². The molecule has 1 heterocycles. The van der Waals surface area contributed by atoms with Crippen LogP contribution in [-0.4, -0.2) is 49.6 Å². The zero-order chi connectivity index (χ0) is 24.9. The Hall–Kier alpha value is -4.26. The number of aliphatic hydroxyl groups excluding tert-OH is 1. The molecule has 0 bridgehead atoms. The maximum absolute atomic E-state index is 13.2. The maximum Gasteiger partial charge on any atom is 0.295 e. The molecule has 7 nitrogen and oxygen atoms in total. The molecular formula is C28H27NO6. The zero-order valence-electron chi connectivity index (χ0n) is 19.9. The van der Waals surface area contributed by atoms with Crippen molar-refractivity contribution >= 4 is 17.4 Å². The van der Waals surface area contributed by atoms with Gasteiger partial charge in [0, 0.05) is 12.1 Å². The van der Waals surface area contributed by atoms with Crippen LogP contribution in [0.15, 0.2) is 78.4 Å². The Kier molecular flexibility index (Phi) is 7.06. The molecule has 0 radical (unpaired) electrons. The summed E-state index contributed by atoms with van der Waals surface area (Å²) in [4.78, 5) is 27.8. The van der Waals surface area contributed by atoms with Crippen LogP contribution in [0.1, 0.15) is 22.7 Å². The fraction of sp³-hybridized carbons (Fsp3) is 0.214. The highest BCUT2D eigenvalue weighted by Crippen LogP contribution is 2.40. The molecule has 1 N–H and O–H groups in total. The van der Waals surface area contributed by atoms with Crippen LogP contribution in [0.3, 0.4) is 0 Å². The fourth-order valence-electron chi connectivity index (χ4n) is 4.19. The Morgan fingerprint density at radius 1 is 0.771 bits per heavy atom. The molecule has 1 aliphatic rings. The normalized spacial score (nSPS) is 16.9. The summed E-state index contributed by atoms with van der Waals surface area (Å²) in [5.74, 6) is 0.432. The summed E-state index contributed by atoms with van der Waals surface area (Å²) in [6, 6.07) is 20.7. The molecule has 3 aromatic rings. The number of hydrogen-bond donors (Lipinski definition) is 1. The van der Waals surface area contributed by atoms with E-state index in [0.29, 0.717) is 35.6 Å². The molecule has 1 fully saturated rings. The van der Waals surface area contributed by atoms with Crippen LogP contribution < -0.4 is 14.2 Å². The van der Waals surface area contributed by atoms with E-state index in [1.165, 1.54) is 4.90 Å². The molecular weight excluding hydrogens is 446 g/mol. The van der Waals surface area contributed by atoms with Crippen LogP contribution >= 0.6 is 0 Å². The summed E-state index contributed by atoms with van der Waals surface area (Å²) in [5.41, 5.74) is 2.18. The van der Waals surface area contributed by atoms with Gasteiger partial charge in [-0.05, 0) is 66.1 Å². The zero-order valence-corrected chi connectivity index (χ0v) is 19.9. The number of carbonyl (C=O) groups excluding carboxylic acids is 2. The van der Waals surface area contributed by atoms with Crippen molar-refractivity contribution in [2.45, 2.75) is 12.5 Å². The predicted molar refractivity (Wildman–Crippen MR) is 132 cm³/mol. The molecule has 7 heteroatoms. The number of aliphatic hydroxyl groups is 1. The molecule has 4 rings (SSSR count). The first-order chi connectivity index (χ1) is 17.0. The number of ketones is 1. The topological polar surface area (TPSA) is 85.3 Å². The Balaban J connectivity index is 1.73. The SMILES string of the molecule is COc1ccc(CCN2C(=O)C(=O)/C(=C(\O)c3ccc(OC)cc3)C2c2ccc(OC)cc2)cc1. The van der Waals surface area contributed by atoms with E-state index in [9.17, 15) is 14.7 Å². The number of benzene rings is 3. The molecule has 3 aromatic carbocycles. The van der Waals surface area contributed by atoms with E-state index >= 15 is 0 Å². The average Bonchev–Trinajstić information content (AvgIpc) is 3.16. The number of amides is 1. The third-order valence-corrected chi connectivity index (χ3v) is 6.14. The minimum absolute atomic E-state index is 0.0556. The lowest BCUT2D eigenvalue weighted by molar-refractivity contribution is -0.139. The molecule has 1 saturated heterocycles. The minimum atomic E-state index is -0.735. The molecule has 0 saturated carbocycles. The largest absolute Gasteiger partial charge is 0.507 e. The summed E-state index contributed by atoms with van der Waals surface area (Å²) >= 11 is 0. The van der Waals surface area contributed by atoms with Gasteiger partial charge >= 0.3 is 0 Å². The van der Waals surface area contributed by atoms with E-state index < -0.39 is 17.7 Å². The molecule has 180 valence electrons. The van der Waals surface area contributed by atoms with Crippen LogP contribution in [0.2, 0.25) is 0 Å². The quantitative estimate of drug-likeness (QED) is 0.297. The molecule has 1 aliphatic heterocycles. The van der Waals surface area contributed by atoms with E-state index in [0.717, 1.165) is 11.3 Å². The van der Waals surface area contributed by atoms with Crippen molar-refractivity contribution in [1.82, 2.24) is 4.90 Å². The van der Waals surface area contributed by atoms with E-state index in [1.54, 1.807) is 69.9 Å². The van der Waals surface area contributed by atoms with Gasteiger partial charge in [0.1, 0.15) is 23.0 Å². The van der Waals surface area contributed by atoms with Crippen molar-refractivity contribution in [3.63, 3.8) is 0 Å². The Labute approximate surface area is 204 Å². The number of nitrogens with zero attached hydrogens (tertiary/aromatic N) is 1. The van der Waals surface area contributed by atoms with Crippen LogP contribution in [-0.2, 0) is 16.0 Å². The highest BCUT2D eigenvalue weighted by molar-refractivity contribution is 6.46. The Bertz CT molecular complexity index is 1230. The van der Waals surface area contributed by atoms with Gasteiger partial charge in [-0.25, -0.2) is 0 Å². The lowest BCUT2D eigenvalue weighted by atomic mass is 9.95. The average molecular weight is 474 g/mol. The number of ether oxygens (including phenoxy) is 3. The molecule has 35 heavy (non-hydrogen) atoms. The van der Waals surface area contributed by atoms with Gasteiger partial charge in [0.25, 0.3) is 11.7 Å². The van der Waals surface area contributed by atoms with Gasteiger partial charge in [0.2, 0.25) is 0 Å². The smallest absolute Gasteiger partial charge is 0.295 e. The molecule has 1 amide bonds. The Morgan fingerprint density at radius 3 is 1.77 bits per heavy atom. The second-order valence-electron chi connectivity index (χ2n) is 8.09. The van der Waals surface area contributed by atoms with Gasteiger partial charge in [0.15, 0.2) is 0 Å². The van der Waals surface area contributed by atoms with Crippen LogP contribution in [0.4, 0.5) is 0 Å². The second kappa shape index (κ2) is 10.3. The highest BCUT2D eigenvalue weighted by atomic mass is 16.5. The van der Waals surface area contributed by atoms with Crippen molar-refractivity contribution in [2.75, 3.05) is 27.9 Å². The fourth-order valence-corrected chi connectivity index (χ4v) is 4.19. The van der Waals surface area contributed by atoms with E-state index in [-0.39, 0.29) is 11.3 Å². The molecule has 0 spiro atoms. The van der Waals surface area contributed by atoms with Crippen LogP contribution in [0, 0.1) is 0 Å². The summed E-state index contributed by atoms with van der Waals surface area (Å²) in [6.45, 7) is 0.299. The maximum atomic E-state index is 13.2. The number of likely N-dealkylation sites (tertiary alicyclic amines) is 1. The summed E-state index contributed by atoms with van der Waals surface area (Å²) < 4.78 is 15.7. The minimum Gasteiger partial charge on any atom is -0.507 e. The first-order valence-corrected chi connectivity index (χ1v) is 11.2. The molecule has 0 aromatic heterocycles. The summed E-state index contributed by atoms with van der Waals surface area (Å²) in [6.07, 6.45) is 0.534. The van der Waals surface area contributed by atoms with Gasteiger partial charge in [-0.3, -0.25) is 9.59 Å². The Morgan fingerprint density at radius 2 is 1.26 bits per heavy atom. The second-order valence-corrected chi connectivity index (χ2v) is 8.09. The first kappa shape index (κ1) is 23.9. The first-order valence-electron chi connectivity index (χ1n) is 11.2. The number of Topliss-reactive ketones (excluding diaryl/α,β-unsaturated/α-hetero) is 1. The number of methoxy groups -OCH3 is 3. The van der Waals surface area contributed by atoms with E-state index in [2.05, 4.69) is 0 Å². The summed E-state index contributed by atoms with van der Waals surface area (Å²) in [7, 11) is 4.72. The third kappa shape index (κ3) is 4.84. The van der Waals surface area contributed by atoms with Crippen LogP contribution in [0.25, 0.3) is 5.76 Å². The van der Waals surface area contributed by atoms with E-state index in [4.69, 9.17) is 14.2 Å². The number of hydrogen-bond acceptors (Lipinski definition) is 6. The lowest BCUT2D eigenvalue weighted by Crippen LogP contribution is -2.31. The van der Waals surface area contributed by atoms with Crippen molar-refractivity contribution in [1.29, 1.82) is 0 Å². The highest BCUT2D eigenvalue weighted by Gasteiger charge is 2.45. The monoisotopic (exact) mass is 473 g/mol. The van der Waals surface area contributed by atoms with Crippen molar-refractivity contribution < 1.29 is 28.9 Å². The molecule has 1 atom stereocenters. The van der Waals surface area contributed by atoms with Gasteiger partial charge < -0.3 is 24.2 Å². The van der Waals surface area contributed by atoms with E-state index in [1.807, 2.05) is 24.3 Å². The standard InChI is InChI=1S/C28H27NO6/c1-33-21-10-4-18(5-11-21)16-17-29-25(19-6-12-22(34-2)13-7-19)24(27(31)28(29)32)26(30)20-8-14-23(35-3)15-9-20/h4-15,25,30H,16-17H2,1-3H3/b26-24-. The lowest BCUT2D eigenvalue weighted by Gasteiger charge is -2.25. The van der Waals surface area contributed by atoms with Gasteiger partial charge in [-0.15, -0.1) is 0 Å².